The van der Waals surface area contributed by atoms with Gasteiger partial charge in [-0.25, -0.2) is 9.97 Å². The molecule has 5 heteroatoms. The lowest BCUT2D eigenvalue weighted by molar-refractivity contribution is 0.0733. The van der Waals surface area contributed by atoms with E-state index < -0.39 is 0 Å². The maximum atomic E-state index is 12.5. The van der Waals surface area contributed by atoms with Crippen molar-refractivity contribution in [1.82, 2.24) is 14.9 Å². The summed E-state index contributed by atoms with van der Waals surface area (Å²) < 4.78 is 0. The number of hydrogen-bond donors (Lipinski definition) is 1. The minimum absolute atomic E-state index is 0.00474. The first-order chi connectivity index (χ1) is 9.68. The summed E-state index contributed by atoms with van der Waals surface area (Å²) in [6, 6.07) is 0. The van der Waals surface area contributed by atoms with E-state index in [1.165, 1.54) is 6.42 Å². The molecule has 1 aromatic heterocycles. The number of hydrogen-bond acceptors (Lipinski definition) is 4. The van der Waals surface area contributed by atoms with Crippen LogP contribution in [0.1, 0.15) is 42.4 Å². The van der Waals surface area contributed by atoms with Crippen molar-refractivity contribution in [3.63, 3.8) is 0 Å². The number of rotatable bonds is 3. The Morgan fingerprint density at radius 1 is 1.50 bits per heavy atom. The van der Waals surface area contributed by atoms with Crippen molar-refractivity contribution in [1.29, 1.82) is 0 Å². The van der Waals surface area contributed by atoms with Crippen molar-refractivity contribution < 1.29 is 9.90 Å². The van der Waals surface area contributed by atoms with Crippen LogP contribution in [0.15, 0.2) is 12.4 Å². The van der Waals surface area contributed by atoms with Gasteiger partial charge in [-0.1, -0.05) is 13.3 Å². The van der Waals surface area contributed by atoms with Gasteiger partial charge in [0.15, 0.2) is 0 Å². The molecule has 3 rings (SSSR count). The molecule has 1 aliphatic carbocycles. The van der Waals surface area contributed by atoms with Crippen molar-refractivity contribution in [2.75, 3.05) is 19.7 Å². The molecule has 1 amide bonds. The molecule has 0 bridgehead atoms. The van der Waals surface area contributed by atoms with Crippen molar-refractivity contribution >= 4 is 5.91 Å². The number of amides is 1. The van der Waals surface area contributed by atoms with E-state index in [-0.39, 0.29) is 17.9 Å². The molecule has 1 N–H and O–H groups in total. The highest BCUT2D eigenvalue weighted by Crippen LogP contribution is 2.48. The van der Waals surface area contributed by atoms with Crippen LogP contribution in [0, 0.1) is 11.3 Å². The molecule has 5 nitrogen and oxygen atoms in total. The molecule has 20 heavy (non-hydrogen) atoms. The molecule has 0 unspecified atom stereocenters. The summed E-state index contributed by atoms with van der Waals surface area (Å²) in [5, 5.41) is 9.70. The van der Waals surface area contributed by atoms with Gasteiger partial charge in [-0.3, -0.25) is 4.79 Å². The molecular weight excluding hydrogens is 254 g/mol. The molecule has 108 valence electrons. The molecule has 1 aromatic rings. The minimum atomic E-state index is -0.0557. The van der Waals surface area contributed by atoms with Gasteiger partial charge in [0, 0.05) is 37.3 Å². The van der Waals surface area contributed by atoms with Gasteiger partial charge in [0.05, 0.1) is 12.2 Å². The van der Waals surface area contributed by atoms with E-state index >= 15 is 0 Å². The summed E-state index contributed by atoms with van der Waals surface area (Å²) in [6.07, 6.45) is 7.33. The van der Waals surface area contributed by atoms with Gasteiger partial charge < -0.3 is 10.0 Å². The van der Waals surface area contributed by atoms with Crippen molar-refractivity contribution in [3.05, 3.63) is 23.8 Å². The van der Waals surface area contributed by atoms with E-state index in [0.29, 0.717) is 18.0 Å². The van der Waals surface area contributed by atoms with E-state index in [1.807, 2.05) is 11.8 Å². The third kappa shape index (κ3) is 2.10. The number of aliphatic hydroxyl groups excluding tert-OH is 1. The van der Waals surface area contributed by atoms with E-state index in [4.69, 9.17) is 0 Å². The van der Waals surface area contributed by atoms with E-state index in [0.717, 1.165) is 31.6 Å². The molecular formula is C15H21N3O2. The SMILES string of the molecule is CCc1ncc(C(=O)N2C[C@@H]3CCC[C@]3(CO)C2)cn1. The lowest BCUT2D eigenvalue weighted by atomic mass is 9.82. The first-order valence-corrected chi connectivity index (χ1v) is 7.39. The standard InChI is InChI=1S/C15H21N3O2/c1-2-13-16-6-11(7-17-13)14(20)18-8-12-4-3-5-15(12,9-18)10-19/h6-7,12,19H,2-5,8-10H2,1H3/t12-,15+/m0/s1. The fourth-order valence-corrected chi connectivity index (χ4v) is 3.66. The predicted octanol–water partition coefficient (Wildman–Crippen LogP) is 1.27. The van der Waals surface area contributed by atoms with Crippen LogP contribution in [0.2, 0.25) is 0 Å². The van der Waals surface area contributed by atoms with Gasteiger partial charge >= 0.3 is 0 Å². The number of aromatic nitrogens is 2. The Hall–Kier alpha value is -1.49. The summed E-state index contributed by atoms with van der Waals surface area (Å²) in [7, 11) is 0. The lowest BCUT2D eigenvalue weighted by Crippen LogP contribution is -2.34. The van der Waals surface area contributed by atoms with Crippen LogP contribution in [0.4, 0.5) is 0 Å². The Morgan fingerprint density at radius 3 is 2.85 bits per heavy atom. The predicted molar refractivity (Wildman–Crippen MR) is 74.2 cm³/mol. The number of fused-ring (bicyclic) bond motifs is 1. The molecule has 1 aliphatic heterocycles. The number of likely N-dealkylation sites (tertiary alicyclic amines) is 1. The molecule has 0 spiro atoms. The second kappa shape index (κ2) is 5.13. The van der Waals surface area contributed by atoms with Crippen LogP contribution in [0.5, 0.6) is 0 Å². The fourth-order valence-electron chi connectivity index (χ4n) is 3.66. The number of aryl methyl sites for hydroxylation is 1. The Balaban J connectivity index is 1.75. The monoisotopic (exact) mass is 275 g/mol. The average Bonchev–Trinajstić information content (AvgIpc) is 3.03. The third-order valence-corrected chi connectivity index (χ3v) is 4.91. The zero-order chi connectivity index (χ0) is 14.2. The highest BCUT2D eigenvalue weighted by Gasteiger charge is 2.50. The van der Waals surface area contributed by atoms with Gasteiger partial charge in [-0.2, -0.15) is 0 Å². The van der Waals surface area contributed by atoms with Crippen LogP contribution >= 0.6 is 0 Å². The number of nitrogens with zero attached hydrogens (tertiary/aromatic N) is 3. The van der Waals surface area contributed by atoms with E-state index in [9.17, 15) is 9.90 Å². The first kappa shape index (κ1) is 13.5. The second-order valence-corrected chi connectivity index (χ2v) is 6.04. The van der Waals surface area contributed by atoms with Crippen molar-refractivity contribution in [2.24, 2.45) is 11.3 Å². The molecule has 2 heterocycles. The number of aliphatic hydroxyl groups is 1. The molecule has 0 radical (unpaired) electrons. The summed E-state index contributed by atoms with van der Waals surface area (Å²) in [5.74, 6) is 1.20. The van der Waals surface area contributed by atoms with Crippen LogP contribution in [-0.4, -0.2) is 45.6 Å². The maximum absolute atomic E-state index is 12.5. The fraction of sp³-hybridized carbons (Fsp3) is 0.667. The molecule has 2 atom stereocenters. The van der Waals surface area contributed by atoms with Gasteiger partial charge in [0.25, 0.3) is 5.91 Å². The summed E-state index contributed by atoms with van der Waals surface area (Å²) in [4.78, 5) is 22.7. The van der Waals surface area contributed by atoms with Gasteiger partial charge in [0.2, 0.25) is 0 Å². The zero-order valence-corrected chi connectivity index (χ0v) is 11.9. The van der Waals surface area contributed by atoms with Gasteiger partial charge in [0.1, 0.15) is 5.82 Å². The third-order valence-electron chi connectivity index (χ3n) is 4.91. The van der Waals surface area contributed by atoms with E-state index in [2.05, 4.69) is 9.97 Å². The maximum Gasteiger partial charge on any atom is 0.257 e. The largest absolute Gasteiger partial charge is 0.396 e. The molecule has 1 saturated carbocycles. The van der Waals surface area contributed by atoms with Crippen molar-refractivity contribution in [3.8, 4) is 0 Å². The average molecular weight is 275 g/mol. The Bertz CT molecular complexity index is 502. The molecule has 2 aliphatic rings. The van der Waals surface area contributed by atoms with Crippen LogP contribution < -0.4 is 0 Å². The summed E-state index contributed by atoms with van der Waals surface area (Å²) in [5.41, 5.74) is 0.495. The molecule has 1 saturated heterocycles. The van der Waals surface area contributed by atoms with Crippen LogP contribution in [-0.2, 0) is 6.42 Å². The highest BCUT2D eigenvalue weighted by atomic mass is 16.3. The Morgan fingerprint density at radius 2 is 2.25 bits per heavy atom. The van der Waals surface area contributed by atoms with Gasteiger partial charge in [-0.05, 0) is 18.8 Å². The Labute approximate surface area is 119 Å². The number of carbonyl (C=O) groups is 1. The highest BCUT2D eigenvalue weighted by molar-refractivity contribution is 5.93. The molecule has 2 fully saturated rings. The van der Waals surface area contributed by atoms with Gasteiger partial charge in [-0.15, -0.1) is 0 Å². The second-order valence-electron chi connectivity index (χ2n) is 6.04. The number of carbonyl (C=O) groups excluding carboxylic acids is 1. The topological polar surface area (TPSA) is 66.3 Å². The quantitative estimate of drug-likeness (QED) is 0.902. The minimum Gasteiger partial charge on any atom is -0.396 e. The smallest absolute Gasteiger partial charge is 0.257 e. The lowest BCUT2D eigenvalue weighted by Gasteiger charge is -2.25. The van der Waals surface area contributed by atoms with Crippen LogP contribution in [0.3, 0.4) is 0 Å². The van der Waals surface area contributed by atoms with Crippen molar-refractivity contribution in [2.45, 2.75) is 32.6 Å². The Kier molecular flexibility index (Phi) is 3.46. The zero-order valence-electron chi connectivity index (χ0n) is 11.9. The van der Waals surface area contributed by atoms with Crippen LogP contribution in [0.25, 0.3) is 0 Å². The first-order valence-electron chi connectivity index (χ1n) is 7.39. The normalized spacial score (nSPS) is 28.7. The summed E-state index contributed by atoms with van der Waals surface area (Å²) >= 11 is 0. The molecule has 0 aromatic carbocycles. The van der Waals surface area contributed by atoms with E-state index in [1.54, 1.807) is 12.4 Å². The summed E-state index contributed by atoms with van der Waals surface area (Å²) in [6.45, 7) is 3.60.